The van der Waals surface area contributed by atoms with Crippen LogP contribution in [0.25, 0.3) is 0 Å². The van der Waals surface area contributed by atoms with Gasteiger partial charge in [0.1, 0.15) is 23.6 Å². The number of nitrogens with one attached hydrogen (secondary N) is 1. The van der Waals surface area contributed by atoms with Crippen LogP contribution in [0.15, 0.2) is 29.2 Å². The summed E-state index contributed by atoms with van der Waals surface area (Å²) in [6.07, 6.45) is 3.66. The molecule has 7 heteroatoms. The van der Waals surface area contributed by atoms with Crippen LogP contribution >= 0.6 is 11.3 Å². The van der Waals surface area contributed by atoms with Gasteiger partial charge in [-0.3, -0.25) is 0 Å². The summed E-state index contributed by atoms with van der Waals surface area (Å²) in [5.41, 5.74) is -0.0470. The zero-order chi connectivity index (χ0) is 17.0. The molecule has 24 heavy (non-hydrogen) atoms. The molecule has 130 valence electrons. The van der Waals surface area contributed by atoms with Gasteiger partial charge in [0, 0.05) is 32.3 Å². The third-order valence-electron chi connectivity index (χ3n) is 4.51. The van der Waals surface area contributed by atoms with Gasteiger partial charge in [-0.05, 0) is 48.1 Å². The van der Waals surface area contributed by atoms with Crippen LogP contribution in [0.5, 0.6) is 0 Å². The molecule has 1 aliphatic heterocycles. The number of rotatable bonds is 6. The number of hydrogen-bond donors (Lipinski definition) is 3. The van der Waals surface area contributed by atoms with E-state index in [1.807, 2.05) is 22.9 Å². The fraction of sp³-hybridized carbons (Fsp3) is 0.529. The monoisotopic (exact) mass is 348 g/mol. The zero-order valence-electron chi connectivity index (χ0n) is 13.9. The minimum atomic E-state index is -0.946. The molecule has 0 spiro atoms. The van der Waals surface area contributed by atoms with Crippen molar-refractivity contribution in [2.75, 3.05) is 36.5 Å². The Hall–Kier alpha value is -1.70. The van der Waals surface area contributed by atoms with Crippen molar-refractivity contribution in [2.24, 2.45) is 5.92 Å². The van der Waals surface area contributed by atoms with Crippen molar-refractivity contribution in [2.45, 2.75) is 25.4 Å². The highest BCUT2D eigenvalue weighted by molar-refractivity contribution is 7.08. The number of aliphatic hydroxyl groups excluding tert-OH is 1. The van der Waals surface area contributed by atoms with E-state index in [-0.39, 0.29) is 6.61 Å². The van der Waals surface area contributed by atoms with E-state index >= 15 is 0 Å². The Morgan fingerprint density at radius 3 is 3.08 bits per heavy atom. The first-order valence-corrected chi connectivity index (χ1v) is 9.19. The molecule has 2 unspecified atom stereocenters. The molecule has 0 bridgehead atoms. The van der Waals surface area contributed by atoms with Crippen LogP contribution in [0.3, 0.4) is 0 Å². The van der Waals surface area contributed by atoms with Crippen LogP contribution in [0, 0.1) is 5.92 Å². The second kappa shape index (κ2) is 7.46. The SMILES string of the molecule is CC(O)(CNc1cc(N2CCCC(CO)C2)ncn1)c1ccsc1. The van der Waals surface area contributed by atoms with E-state index in [2.05, 4.69) is 20.2 Å². The first kappa shape index (κ1) is 17.1. The molecule has 3 rings (SSSR count). The van der Waals surface area contributed by atoms with Gasteiger partial charge in [0.25, 0.3) is 0 Å². The third kappa shape index (κ3) is 4.03. The van der Waals surface area contributed by atoms with Gasteiger partial charge in [0.05, 0.1) is 0 Å². The van der Waals surface area contributed by atoms with Crippen LogP contribution < -0.4 is 10.2 Å². The van der Waals surface area contributed by atoms with Gasteiger partial charge in [0.15, 0.2) is 0 Å². The lowest BCUT2D eigenvalue weighted by Gasteiger charge is -2.32. The summed E-state index contributed by atoms with van der Waals surface area (Å²) in [4.78, 5) is 10.8. The van der Waals surface area contributed by atoms with Crippen LogP contribution in [0.1, 0.15) is 25.3 Å². The average Bonchev–Trinajstić information content (AvgIpc) is 3.16. The standard InChI is InChI=1S/C17H24N4O2S/c1-17(23,14-4-6-24-10-14)11-18-15-7-16(20-12-19-15)21-5-2-3-13(8-21)9-22/h4,6-7,10,12-13,22-23H,2-3,5,8-9,11H2,1H3,(H,18,19,20). The lowest BCUT2D eigenvalue weighted by Crippen LogP contribution is -2.37. The topological polar surface area (TPSA) is 81.5 Å². The Kier molecular flexibility index (Phi) is 5.33. The number of piperidine rings is 1. The van der Waals surface area contributed by atoms with Crippen LogP contribution in [0.4, 0.5) is 11.6 Å². The second-order valence-electron chi connectivity index (χ2n) is 6.54. The number of aromatic nitrogens is 2. The van der Waals surface area contributed by atoms with Crippen molar-refractivity contribution < 1.29 is 10.2 Å². The van der Waals surface area contributed by atoms with Crippen molar-refractivity contribution in [3.8, 4) is 0 Å². The molecule has 2 aromatic rings. The normalized spacial score (nSPS) is 20.6. The van der Waals surface area contributed by atoms with E-state index in [0.717, 1.165) is 37.3 Å². The minimum Gasteiger partial charge on any atom is -0.396 e. The maximum atomic E-state index is 10.6. The van der Waals surface area contributed by atoms with Crippen molar-refractivity contribution in [1.29, 1.82) is 0 Å². The first-order chi connectivity index (χ1) is 11.6. The number of thiophene rings is 1. The second-order valence-corrected chi connectivity index (χ2v) is 7.32. The van der Waals surface area contributed by atoms with Crippen molar-refractivity contribution in [1.82, 2.24) is 9.97 Å². The molecule has 0 radical (unpaired) electrons. The number of aliphatic hydroxyl groups is 2. The molecule has 0 amide bonds. The lowest BCUT2D eigenvalue weighted by atomic mass is 9.99. The van der Waals surface area contributed by atoms with Gasteiger partial charge in [0.2, 0.25) is 0 Å². The van der Waals surface area contributed by atoms with Crippen LogP contribution in [-0.2, 0) is 5.60 Å². The first-order valence-electron chi connectivity index (χ1n) is 8.25. The molecule has 3 N–H and O–H groups in total. The molecule has 3 heterocycles. The maximum Gasteiger partial charge on any atom is 0.134 e. The molecule has 1 fully saturated rings. The van der Waals surface area contributed by atoms with Gasteiger partial charge < -0.3 is 20.4 Å². The minimum absolute atomic E-state index is 0.218. The number of hydrogen-bond acceptors (Lipinski definition) is 7. The van der Waals surface area contributed by atoms with E-state index in [1.54, 1.807) is 24.6 Å². The molecular weight excluding hydrogens is 324 g/mol. The van der Waals surface area contributed by atoms with Gasteiger partial charge in [-0.25, -0.2) is 9.97 Å². The van der Waals surface area contributed by atoms with E-state index < -0.39 is 5.60 Å². The smallest absolute Gasteiger partial charge is 0.134 e. The summed E-state index contributed by atoms with van der Waals surface area (Å²) < 4.78 is 0. The predicted octanol–water partition coefficient (Wildman–Crippen LogP) is 2.07. The fourth-order valence-corrected chi connectivity index (χ4v) is 3.76. The molecule has 0 saturated carbocycles. The Balaban J connectivity index is 1.65. The molecule has 6 nitrogen and oxygen atoms in total. The van der Waals surface area contributed by atoms with Gasteiger partial charge in [-0.15, -0.1) is 0 Å². The molecule has 1 aliphatic rings. The van der Waals surface area contributed by atoms with Gasteiger partial charge in [-0.2, -0.15) is 11.3 Å². The average molecular weight is 348 g/mol. The highest BCUT2D eigenvalue weighted by atomic mass is 32.1. The summed E-state index contributed by atoms with van der Waals surface area (Å²) >= 11 is 1.57. The highest BCUT2D eigenvalue weighted by Crippen LogP contribution is 2.25. The molecular formula is C17H24N4O2S. The Labute approximate surface area is 146 Å². The van der Waals surface area contributed by atoms with E-state index in [4.69, 9.17) is 0 Å². The zero-order valence-corrected chi connectivity index (χ0v) is 14.7. The summed E-state index contributed by atoms with van der Waals surface area (Å²) in [6.45, 7) is 4.15. The van der Waals surface area contributed by atoms with Crippen molar-refractivity contribution >= 4 is 23.0 Å². The summed E-state index contributed by atoms with van der Waals surface area (Å²) in [5.74, 6) is 1.87. The summed E-state index contributed by atoms with van der Waals surface area (Å²) in [5, 5.41) is 27.1. The highest BCUT2D eigenvalue weighted by Gasteiger charge is 2.24. The van der Waals surface area contributed by atoms with Crippen molar-refractivity contribution in [3.05, 3.63) is 34.8 Å². The molecule has 1 saturated heterocycles. The summed E-state index contributed by atoms with van der Waals surface area (Å²) in [6, 6.07) is 3.84. The van der Waals surface area contributed by atoms with E-state index in [1.165, 1.54) is 0 Å². The van der Waals surface area contributed by atoms with Gasteiger partial charge >= 0.3 is 0 Å². The van der Waals surface area contributed by atoms with Crippen LogP contribution in [-0.4, -0.2) is 46.4 Å². The fourth-order valence-electron chi connectivity index (χ4n) is 2.97. The quantitative estimate of drug-likeness (QED) is 0.741. The Morgan fingerprint density at radius 2 is 2.33 bits per heavy atom. The molecule has 2 atom stereocenters. The maximum absolute atomic E-state index is 10.6. The summed E-state index contributed by atoms with van der Waals surface area (Å²) in [7, 11) is 0. The lowest BCUT2D eigenvalue weighted by molar-refractivity contribution is 0.0719. The molecule has 0 aromatic carbocycles. The Bertz CT molecular complexity index is 648. The third-order valence-corrected chi connectivity index (χ3v) is 5.19. The predicted molar refractivity (Wildman–Crippen MR) is 96.4 cm³/mol. The molecule has 0 aliphatic carbocycles. The number of anilines is 2. The molecule has 2 aromatic heterocycles. The van der Waals surface area contributed by atoms with Crippen molar-refractivity contribution in [3.63, 3.8) is 0 Å². The van der Waals surface area contributed by atoms with Gasteiger partial charge in [-0.1, -0.05) is 0 Å². The van der Waals surface area contributed by atoms with E-state index in [0.29, 0.717) is 18.3 Å². The van der Waals surface area contributed by atoms with E-state index in [9.17, 15) is 10.2 Å². The Morgan fingerprint density at radius 1 is 1.46 bits per heavy atom. The van der Waals surface area contributed by atoms with Crippen LogP contribution in [0.2, 0.25) is 0 Å². The largest absolute Gasteiger partial charge is 0.396 e. The number of nitrogens with zero attached hydrogens (tertiary/aromatic N) is 3.